The van der Waals surface area contributed by atoms with Crippen LogP contribution in [0.15, 0.2) is 48.1 Å². The van der Waals surface area contributed by atoms with Crippen LogP contribution < -0.4 is 0 Å². The molecular weight excluding hydrogens is 320 g/mol. The lowest BCUT2D eigenvalue weighted by Gasteiger charge is -2.17. The van der Waals surface area contributed by atoms with Crippen molar-refractivity contribution in [3.8, 4) is 10.6 Å². The van der Waals surface area contributed by atoms with E-state index >= 15 is 0 Å². The fourth-order valence-corrected chi connectivity index (χ4v) is 3.24. The third kappa shape index (κ3) is 3.89. The number of benzene rings is 1. The summed E-state index contributed by atoms with van der Waals surface area (Å²) in [6.45, 7) is 3.37. The summed E-state index contributed by atoms with van der Waals surface area (Å²) in [6.07, 6.45) is 4.04. The Balaban J connectivity index is 1.56. The Bertz CT molecular complexity index is 809. The molecule has 3 aromatic rings. The second-order valence-electron chi connectivity index (χ2n) is 5.67. The fourth-order valence-electron chi connectivity index (χ4n) is 2.41. The number of aryl methyl sites for hydroxylation is 1. The third-order valence-electron chi connectivity index (χ3n) is 3.93. The summed E-state index contributed by atoms with van der Waals surface area (Å²) in [4.78, 5) is 22.9. The molecule has 2 heterocycles. The van der Waals surface area contributed by atoms with Gasteiger partial charge >= 0.3 is 0 Å². The Hall–Kier alpha value is -2.47. The van der Waals surface area contributed by atoms with Crippen molar-refractivity contribution in [3.05, 3.63) is 59.6 Å². The number of thiazole rings is 1. The van der Waals surface area contributed by atoms with E-state index < -0.39 is 0 Å². The molecule has 2 aromatic heterocycles. The molecular formula is C18H20N4OS. The highest BCUT2D eigenvalue weighted by Gasteiger charge is 2.13. The predicted octanol–water partition coefficient (Wildman–Crippen LogP) is 3.02. The topological polar surface area (TPSA) is 51.0 Å². The van der Waals surface area contributed by atoms with E-state index in [1.165, 1.54) is 0 Å². The quantitative estimate of drug-likeness (QED) is 0.693. The Morgan fingerprint density at radius 1 is 1.29 bits per heavy atom. The van der Waals surface area contributed by atoms with Crippen molar-refractivity contribution in [2.75, 3.05) is 13.6 Å². The second kappa shape index (κ2) is 7.40. The highest BCUT2D eigenvalue weighted by atomic mass is 32.1. The van der Waals surface area contributed by atoms with Crippen LogP contribution in [0.2, 0.25) is 0 Å². The van der Waals surface area contributed by atoms with Gasteiger partial charge in [-0.05, 0) is 6.92 Å². The molecule has 0 unspecified atom stereocenters. The summed E-state index contributed by atoms with van der Waals surface area (Å²) < 4.78 is 2.04. The van der Waals surface area contributed by atoms with Gasteiger partial charge in [-0.15, -0.1) is 11.3 Å². The van der Waals surface area contributed by atoms with Gasteiger partial charge in [0.05, 0.1) is 12.1 Å². The highest BCUT2D eigenvalue weighted by molar-refractivity contribution is 7.13. The zero-order chi connectivity index (χ0) is 16.9. The molecule has 1 amide bonds. The largest absolute Gasteiger partial charge is 0.344 e. The van der Waals surface area contributed by atoms with Crippen LogP contribution >= 0.6 is 11.3 Å². The van der Waals surface area contributed by atoms with Gasteiger partial charge in [-0.2, -0.15) is 0 Å². The highest BCUT2D eigenvalue weighted by Crippen LogP contribution is 2.23. The van der Waals surface area contributed by atoms with E-state index in [1.54, 1.807) is 22.4 Å². The lowest BCUT2D eigenvalue weighted by molar-refractivity contribution is -0.129. The molecule has 1 aromatic carbocycles. The second-order valence-corrected chi connectivity index (χ2v) is 6.53. The van der Waals surface area contributed by atoms with E-state index in [2.05, 4.69) is 9.97 Å². The maximum absolute atomic E-state index is 12.4. The minimum atomic E-state index is 0.0812. The first-order chi connectivity index (χ1) is 11.6. The van der Waals surface area contributed by atoms with E-state index in [1.807, 2.05) is 60.4 Å². The first-order valence-corrected chi connectivity index (χ1v) is 8.73. The SMILES string of the molecule is Cc1nccn1CCN(C)C(=O)Cc1csc(-c2ccccc2)n1. The summed E-state index contributed by atoms with van der Waals surface area (Å²) >= 11 is 1.58. The summed E-state index contributed by atoms with van der Waals surface area (Å²) in [6, 6.07) is 10.0. The van der Waals surface area contributed by atoms with Crippen molar-refractivity contribution in [2.45, 2.75) is 19.9 Å². The Kier molecular flexibility index (Phi) is 5.05. The summed E-state index contributed by atoms with van der Waals surface area (Å²) in [5, 5.41) is 2.92. The Morgan fingerprint density at radius 2 is 2.08 bits per heavy atom. The molecule has 0 aliphatic carbocycles. The summed E-state index contributed by atoms with van der Waals surface area (Å²) in [7, 11) is 1.83. The Labute approximate surface area is 145 Å². The average molecular weight is 340 g/mol. The van der Waals surface area contributed by atoms with Gasteiger partial charge in [0.15, 0.2) is 0 Å². The van der Waals surface area contributed by atoms with Crippen molar-refractivity contribution in [2.24, 2.45) is 0 Å². The molecule has 0 aliphatic rings. The molecule has 0 fully saturated rings. The van der Waals surface area contributed by atoms with Gasteiger partial charge in [0.1, 0.15) is 10.8 Å². The molecule has 3 rings (SSSR count). The molecule has 0 N–H and O–H groups in total. The van der Waals surface area contributed by atoms with E-state index in [-0.39, 0.29) is 5.91 Å². The van der Waals surface area contributed by atoms with E-state index in [9.17, 15) is 4.79 Å². The number of nitrogens with zero attached hydrogens (tertiary/aromatic N) is 4. The van der Waals surface area contributed by atoms with Crippen molar-refractivity contribution < 1.29 is 4.79 Å². The molecule has 0 aliphatic heterocycles. The number of rotatable bonds is 6. The number of hydrogen-bond acceptors (Lipinski definition) is 4. The number of aromatic nitrogens is 3. The monoisotopic (exact) mass is 340 g/mol. The fraction of sp³-hybridized carbons (Fsp3) is 0.278. The van der Waals surface area contributed by atoms with Gasteiger partial charge in [0, 0.05) is 43.5 Å². The Morgan fingerprint density at radius 3 is 2.79 bits per heavy atom. The molecule has 0 bridgehead atoms. The average Bonchev–Trinajstić information content (AvgIpc) is 3.22. The van der Waals surface area contributed by atoms with Gasteiger partial charge in [-0.1, -0.05) is 30.3 Å². The van der Waals surface area contributed by atoms with Crippen molar-refractivity contribution >= 4 is 17.2 Å². The first kappa shape index (κ1) is 16.4. The molecule has 5 nitrogen and oxygen atoms in total. The lowest BCUT2D eigenvalue weighted by Crippen LogP contribution is -2.31. The number of imidazole rings is 1. The zero-order valence-electron chi connectivity index (χ0n) is 13.8. The van der Waals surface area contributed by atoms with Gasteiger partial charge in [-0.25, -0.2) is 9.97 Å². The van der Waals surface area contributed by atoms with Crippen LogP contribution in [-0.4, -0.2) is 38.9 Å². The molecule has 0 radical (unpaired) electrons. The maximum Gasteiger partial charge on any atom is 0.228 e. The van der Waals surface area contributed by atoms with Crippen LogP contribution in [0.4, 0.5) is 0 Å². The van der Waals surface area contributed by atoms with Crippen molar-refractivity contribution in [3.63, 3.8) is 0 Å². The molecule has 6 heteroatoms. The van der Waals surface area contributed by atoms with Crippen LogP contribution in [0.1, 0.15) is 11.5 Å². The molecule has 0 atom stereocenters. The number of hydrogen-bond donors (Lipinski definition) is 0. The smallest absolute Gasteiger partial charge is 0.228 e. The first-order valence-electron chi connectivity index (χ1n) is 7.85. The summed E-state index contributed by atoms with van der Waals surface area (Å²) in [5.41, 5.74) is 1.92. The normalized spacial score (nSPS) is 10.8. The molecule has 24 heavy (non-hydrogen) atoms. The van der Waals surface area contributed by atoms with Crippen molar-refractivity contribution in [1.82, 2.24) is 19.4 Å². The molecule has 0 spiro atoms. The van der Waals surface area contributed by atoms with Crippen LogP contribution in [-0.2, 0) is 17.8 Å². The molecule has 0 saturated carbocycles. The van der Waals surface area contributed by atoms with Gasteiger partial charge in [0.25, 0.3) is 0 Å². The number of carbonyl (C=O) groups is 1. The van der Waals surface area contributed by atoms with E-state index in [0.29, 0.717) is 13.0 Å². The maximum atomic E-state index is 12.4. The minimum Gasteiger partial charge on any atom is -0.344 e. The summed E-state index contributed by atoms with van der Waals surface area (Å²) in [5.74, 6) is 1.04. The molecule has 124 valence electrons. The number of likely N-dealkylation sites (N-methyl/N-ethyl adjacent to an activating group) is 1. The van der Waals surface area contributed by atoms with Crippen LogP contribution in [0, 0.1) is 6.92 Å². The zero-order valence-corrected chi connectivity index (χ0v) is 14.7. The van der Waals surface area contributed by atoms with Crippen LogP contribution in [0.25, 0.3) is 10.6 Å². The van der Waals surface area contributed by atoms with Crippen LogP contribution in [0.3, 0.4) is 0 Å². The third-order valence-corrected chi connectivity index (χ3v) is 4.87. The van der Waals surface area contributed by atoms with E-state index in [4.69, 9.17) is 0 Å². The lowest BCUT2D eigenvalue weighted by atomic mass is 10.2. The van der Waals surface area contributed by atoms with Crippen LogP contribution in [0.5, 0.6) is 0 Å². The van der Waals surface area contributed by atoms with E-state index in [0.717, 1.165) is 28.6 Å². The number of amides is 1. The molecule has 0 saturated heterocycles. The van der Waals surface area contributed by atoms with Gasteiger partial charge < -0.3 is 9.47 Å². The van der Waals surface area contributed by atoms with Gasteiger partial charge in [0.2, 0.25) is 5.91 Å². The predicted molar refractivity (Wildman–Crippen MR) is 95.9 cm³/mol. The standard InChI is InChI=1S/C18H20N4OS/c1-14-19-8-9-22(14)11-10-21(2)17(23)12-16-13-24-18(20-16)15-6-4-3-5-7-15/h3-9,13H,10-12H2,1-2H3. The minimum absolute atomic E-state index is 0.0812. The van der Waals surface area contributed by atoms with Gasteiger partial charge in [-0.3, -0.25) is 4.79 Å². The number of carbonyl (C=O) groups excluding carboxylic acids is 1. The van der Waals surface area contributed by atoms with Crippen molar-refractivity contribution in [1.29, 1.82) is 0 Å².